The number of aliphatic hydroxyl groups excluding tert-OH is 1. The molecule has 0 aromatic carbocycles. The lowest BCUT2D eigenvalue weighted by Gasteiger charge is -2.03. The van der Waals surface area contributed by atoms with Crippen LogP contribution in [0.15, 0.2) is 18.7 Å². The summed E-state index contributed by atoms with van der Waals surface area (Å²) in [5.74, 6) is 0. The maximum atomic E-state index is 8.45. The van der Waals surface area contributed by atoms with Gasteiger partial charge in [0, 0.05) is 0 Å². The molecule has 1 aromatic rings. The number of aryl methyl sites for hydroxylation is 1. The molecule has 0 spiro atoms. The third-order valence-electron chi connectivity index (χ3n) is 1.93. The van der Waals surface area contributed by atoms with Gasteiger partial charge in [-0.1, -0.05) is 0 Å². The van der Waals surface area contributed by atoms with Crippen LogP contribution in [0.3, 0.4) is 0 Å². The van der Waals surface area contributed by atoms with Crippen LogP contribution in [0.5, 0.6) is 0 Å². The average Bonchev–Trinajstić information content (AvgIpc) is 2.63. The van der Waals surface area contributed by atoms with E-state index in [-0.39, 0.29) is 6.61 Å². The van der Waals surface area contributed by atoms with Gasteiger partial charge in [0.15, 0.2) is 0 Å². The Hall–Kier alpha value is -0.910. The van der Waals surface area contributed by atoms with E-state index in [0.29, 0.717) is 26.4 Å². The summed E-state index contributed by atoms with van der Waals surface area (Å²) in [7, 11) is 1.99. The summed E-state index contributed by atoms with van der Waals surface area (Å²) in [6.45, 7) is 3.10. The van der Waals surface area contributed by atoms with Crippen LogP contribution in [0.25, 0.3) is 0 Å². The van der Waals surface area contributed by atoms with Crippen molar-refractivity contribution < 1.29 is 19.1 Å². The zero-order chi connectivity index (χ0) is 10.9. The normalized spacial score (nSPS) is 10.8. The maximum Gasteiger partial charge on any atom is 0.243 e. The van der Waals surface area contributed by atoms with E-state index >= 15 is 0 Å². The van der Waals surface area contributed by atoms with E-state index in [1.165, 1.54) is 0 Å². The number of ether oxygens (including phenoxy) is 2. The van der Waals surface area contributed by atoms with E-state index in [1.807, 2.05) is 30.3 Å². The first-order valence-electron chi connectivity index (χ1n) is 5.10. The number of nitrogens with zero attached hydrogens (tertiary/aromatic N) is 2. The Bertz CT molecular complexity index is 263. The van der Waals surface area contributed by atoms with Crippen LogP contribution in [0, 0.1) is 0 Å². The second-order valence-electron chi connectivity index (χ2n) is 3.27. The Kier molecular flexibility index (Phi) is 5.99. The second kappa shape index (κ2) is 7.39. The highest BCUT2D eigenvalue weighted by Crippen LogP contribution is 1.81. The van der Waals surface area contributed by atoms with Crippen molar-refractivity contribution in [3.8, 4) is 0 Å². The monoisotopic (exact) mass is 215 g/mol. The number of aromatic nitrogens is 2. The number of aliphatic hydroxyl groups is 1. The van der Waals surface area contributed by atoms with Crippen LogP contribution >= 0.6 is 0 Å². The van der Waals surface area contributed by atoms with Gasteiger partial charge >= 0.3 is 0 Å². The van der Waals surface area contributed by atoms with E-state index < -0.39 is 0 Å². The maximum absolute atomic E-state index is 8.45. The van der Waals surface area contributed by atoms with Crippen molar-refractivity contribution in [1.29, 1.82) is 0 Å². The molecule has 0 unspecified atom stereocenters. The molecule has 0 aliphatic carbocycles. The van der Waals surface area contributed by atoms with E-state index in [4.69, 9.17) is 14.6 Å². The molecule has 1 heterocycles. The van der Waals surface area contributed by atoms with Crippen LogP contribution < -0.4 is 4.57 Å². The van der Waals surface area contributed by atoms with Crippen LogP contribution in [-0.4, -0.2) is 42.7 Å². The van der Waals surface area contributed by atoms with Gasteiger partial charge in [-0.05, 0) is 0 Å². The first-order valence-corrected chi connectivity index (χ1v) is 5.10. The molecule has 5 nitrogen and oxygen atoms in total. The molecule has 0 fully saturated rings. The van der Waals surface area contributed by atoms with Gasteiger partial charge in [-0.25, -0.2) is 9.13 Å². The van der Waals surface area contributed by atoms with E-state index in [1.54, 1.807) is 0 Å². The highest BCUT2D eigenvalue weighted by Gasteiger charge is 1.98. The molecular weight excluding hydrogens is 196 g/mol. The molecule has 86 valence electrons. The zero-order valence-corrected chi connectivity index (χ0v) is 9.13. The van der Waals surface area contributed by atoms with Crippen molar-refractivity contribution in [2.75, 3.05) is 33.0 Å². The predicted molar refractivity (Wildman–Crippen MR) is 54.3 cm³/mol. The predicted octanol–water partition coefficient (Wildman–Crippen LogP) is -0.662. The van der Waals surface area contributed by atoms with Gasteiger partial charge in [-0.3, -0.25) is 0 Å². The molecular formula is C10H19N2O3+. The molecule has 0 atom stereocenters. The quantitative estimate of drug-likeness (QED) is 0.462. The molecule has 1 N–H and O–H groups in total. The second-order valence-corrected chi connectivity index (χ2v) is 3.27. The van der Waals surface area contributed by atoms with Crippen LogP contribution in [0.2, 0.25) is 0 Å². The third-order valence-corrected chi connectivity index (χ3v) is 1.93. The summed E-state index contributed by atoms with van der Waals surface area (Å²) in [6.07, 6.45) is 6.00. The lowest BCUT2D eigenvalue weighted by atomic mass is 10.6. The van der Waals surface area contributed by atoms with E-state index in [9.17, 15) is 0 Å². The highest BCUT2D eigenvalue weighted by atomic mass is 16.5. The molecule has 0 aliphatic heterocycles. The molecule has 5 heteroatoms. The minimum Gasteiger partial charge on any atom is -0.394 e. The summed E-state index contributed by atoms with van der Waals surface area (Å²) >= 11 is 0. The molecule has 0 aliphatic rings. The number of hydrogen-bond donors (Lipinski definition) is 1. The van der Waals surface area contributed by atoms with Crippen LogP contribution in [0.1, 0.15) is 0 Å². The average molecular weight is 215 g/mol. The molecule has 1 rings (SSSR count). The topological polar surface area (TPSA) is 47.5 Å². The van der Waals surface area contributed by atoms with Gasteiger partial charge in [0.25, 0.3) is 0 Å². The van der Waals surface area contributed by atoms with E-state index in [2.05, 4.69) is 4.57 Å². The fourth-order valence-corrected chi connectivity index (χ4v) is 1.19. The molecule has 0 bridgehead atoms. The van der Waals surface area contributed by atoms with Gasteiger partial charge in [0.2, 0.25) is 6.33 Å². The van der Waals surface area contributed by atoms with Gasteiger partial charge in [0.1, 0.15) is 18.9 Å². The zero-order valence-electron chi connectivity index (χ0n) is 9.13. The van der Waals surface area contributed by atoms with Crippen molar-refractivity contribution in [2.45, 2.75) is 6.54 Å². The summed E-state index contributed by atoms with van der Waals surface area (Å²) in [6, 6.07) is 0. The van der Waals surface area contributed by atoms with Crippen molar-refractivity contribution >= 4 is 0 Å². The summed E-state index contributed by atoms with van der Waals surface area (Å²) in [5.41, 5.74) is 0. The number of imidazole rings is 1. The molecule has 1 aromatic heterocycles. The lowest BCUT2D eigenvalue weighted by Crippen LogP contribution is -2.33. The lowest BCUT2D eigenvalue weighted by molar-refractivity contribution is -0.697. The SMILES string of the molecule is Cn1cc[n+](CCOCCOCCO)c1. The van der Waals surface area contributed by atoms with Crippen molar-refractivity contribution in [3.05, 3.63) is 18.7 Å². The molecule has 0 saturated carbocycles. The molecule has 0 amide bonds. The minimum atomic E-state index is 0.0693. The Labute approximate surface area is 89.9 Å². The summed E-state index contributed by atoms with van der Waals surface area (Å²) in [4.78, 5) is 0. The fourth-order valence-electron chi connectivity index (χ4n) is 1.19. The number of hydrogen-bond acceptors (Lipinski definition) is 3. The fraction of sp³-hybridized carbons (Fsp3) is 0.700. The highest BCUT2D eigenvalue weighted by molar-refractivity contribution is 4.61. The van der Waals surface area contributed by atoms with Crippen molar-refractivity contribution in [1.82, 2.24) is 4.57 Å². The van der Waals surface area contributed by atoms with Gasteiger partial charge < -0.3 is 14.6 Å². The Morgan fingerprint density at radius 3 is 2.53 bits per heavy atom. The Morgan fingerprint density at radius 1 is 1.20 bits per heavy atom. The first-order chi connectivity index (χ1) is 7.33. The van der Waals surface area contributed by atoms with Crippen LogP contribution in [-0.2, 0) is 23.1 Å². The molecule has 15 heavy (non-hydrogen) atoms. The summed E-state index contributed by atoms with van der Waals surface area (Å²) in [5, 5.41) is 8.45. The standard InChI is InChI=1S/C10H19N2O3/c1-11-2-3-12(10-11)4-6-14-8-9-15-7-5-13/h2-3,10,13H,4-9H2,1H3/q+1. The third kappa shape index (κ3) is 5.51. The minimum absolute atomic E-state index is 0.0693. The molecule has 0 radical (unpaired) electrons. The number of rotatable bonds is 8. The van der Waals surface area contributed by atoms with Crippen LogP contribution in [0.4, 0.5) is 0 Å². The Balaban J connectivity index is 1.93. The van der Waals surface area contributed by atoms with Crippen molar-refractivity contribution in [3.63, 3.8) is 0 Å². The van der Waals surface area contributed by atoms with Gasteiger partial charge in [-0.15, -0.1) is 0 Å². The van der Waals surface area contributed by atoms with Crippen molar-refractivity contribution in [2.24, 2.45) is 7.05 Å². The molecule has 0 saturated heterocycles. The smallest absolute Gasteiger partial charge is 0.243 e. The van der Waals surface area contributed by atoms with Gasteiger partial charge in [-0.2, -0.15) is 0 Å². The van der Waals surface area contributed by atoms with Gasteiger partial charge in [0.05, 0.1) is 40.1 Å². The first kappa shape index (κ1) is 12.2. The Morgan fingerprint density at radius 2 is 1.93 bits per heavy atom. The largest absolute Gasteiger partial charge is 0.394 e. The summed E-state index contributed by atoms with van der Waals surface area (Å²) < 4.78 is 14.5. The van der Waals surface area contributed by atoms with E-state index in [0.717, 1.165) is 6.54 Å².